The number of carbonyl (C=O) groups is 2. The minimum Gasteiger partial charge on any atom is -0.343 e. The molecule has 21 heavy (non-hydrogen) atoms. The lowest BCUT2D eigenvalue weighted by Gasteiger charge is -2.35. The van der Waals surface area contributed by atoms with Crippen LogP contribution >= 0.6 is 0 Å². The van der Waals surface area contributed by atoms with E-state index in [0.29, 0.717) is 5.56 Å². The molecule has 1 saturated carbocycles. The van der Waals surface area contributed by atoms with E-state index >= 15 is 0 Å². The normalized spacial score (nSPS) is 26.9. The summed E-state index contributed by atoms with van der Waals surface area (Å²) >= 11 is 0. The zero-order valence-corrected chi connectivity index (χ0v) is 11.8. The van der Waals surface area contributed by atoms with Gasteiger partial charge in [0.25, 0.3) is 0 Å². The Morgan fingerprint density at radius 3 is 2.33 bits per heavy atom. The summed E-state index contributed by atoms with van der Waals surface area (Å²) in [4.78, 5) is 25.0. The molecule has 1 amide bonds. The smallest absolute Gasteiger partial charge is 0.248 e. The van der Waals surface area contributed by atoms with Crippen molar-refractivity contribution >= 4 is 11.7 Å². The number of nitrogens with one attached hydrogen (secondary N) is 1. The Morgan fingerprint density at radius 1 is 1.10 bits per heavy atom. The number of hydrogen-bond acceptors (Lipinski definition) is 2. The van der Waals surface area contributed by atoms with E-state index in [1.165, 1.54) is 0 Å². The maximum atomic E-state index is 13.3. The molecular formula is C16H17F2NO2. The molecule has 0 bridgehead atoms. The van der Waals surface area contributed by atoms with Crippen molar-refractivity contribution in [2.75, 3.05) is 0 Å². The Bertz CT molecular complexity index is 602. The van der Waals surface area contributed by atoms with Gasteiger partial charge in [-0.15, -0.1) is 0 Å². The van der Waals surface area contributed by atoms with Crippen molar-refractivity contribution in [3.8, 4) is 0 Å². The van der Waals surface area contributed by atoms with Crippen LogP contribution < -0.4 is 5.32 Å². The van der Waals surface area contributed by atoms with Gasteiger partial charge in [-0.25, -0.2) is 8.78 Å². The molecule has 2 fully saturated rings. The minimum atomic E-state index is -2.73. The Balaban J connectivity index is 1.92. The zero-order valence-electron chi connectivity index (χ0n) is 11.8. The van der Waals surface area contributed by atoms with Gasteiger partial charge in [-0.2, -0.15) is 0 Å². The van der Waals surface area contributed by atoms with Gasteiger partial charge in [0.05, 0.1) is 0 Å². The lowest BCUT2D eigenvalue weighted by atomic mass is 9.75. The summed E-state index contributed by atoms with van der Waals surface area (Å²) in [7, 11) is 0. The quantitative estimate of drug-likeness (QED) is 0.809. The van der Waals surface area contributed by atoms with Crippen molar-refractivity contribution in [3.05, 3.63) is 35.4 Å². The Kier molecular flexibility index (Phi) is 3.11. The molecule has 1 unspecified atom stereocenters. The van der Waals surface area contributed by atoms with Crippen LogP contribution in [0.4, 0.5) is 8.78 Å². The third kappa shape index (κ3) is 2.24. The van der Waals surface area contributed by atoms with Gasteiger partial charge in [0.2, 0.25) is 11.8 Å². The summed E-state index contributed by atoms with van der Waals surface area (Å²) in [6, 6.07) is 7.22. The minimum absolute atomic E-state index is 0.0208. The van der Waals surface area contributed by atoms with Gasteiger partial charge < -0.3 is 5.32 Å². The van der Waals surface area contributed by atoms with Crippen molar-refractivity contribution in [1.29, 1.82) is 0 Å². The third-order valence-electron chi connectivity index (χ3n) is 4.69. The molecular weight excluding hydrogens is 276 g/mol. The van der Waals surface area contributed by atoms with Crippen molar-refractivity contribution in [3.63, 3.8) is 0 Å². The van der Waals surface area contributed by atoms with Crippen LogP contribution in [-0.2, 0) is 9.59 Å². The molecule has 3 rings (SSSR count). The second kappa shape index (κ2) is 4.61. The lowest BCUT2D eigenvalue weighted by molar-refractivity contribution is -0.128. The molecule has 1 aromatic carbocycles. The first-order valence-electron chi connectivity index (χ1n) is 7.14. The number of amides is 1. The van der Waals surface area contributed by atoms with E-state index in [2.05, 4.69) is 5.32 Å². The molecule has 5 heteroatoms. The third-order valence-corrected chi connectivity index (χ3v) is 4.69. The standard InChI is InChI=1S/C16H17F2NO2/c1-10-4-2-3-5-11(10)12-13(20)15(19-14(12)21)6-8-16(17,18)9-7-15/h2-5,12H,6-9H2,1H3,(H,19,21). The van der Waals surface area contributed by atoms with Gasteiger partial charge >= 0.3 is 0 Å². The number of hydrogen-bond donors (Lipinski definition) is 1. The number of rotatable bonds is 1. The number of Topliss-reactive ketones (excluding diaryl/α,β-unsaturated/α-hetero) is 1. The van der Waals surface area contributed by atoms with Crippen LogP contribution in [0.1, 0.15) is 42.7 Å². The summed E-state index contributed by atoms with van der Waals surface area (Å²) < 4.78 is 26.7. The lowest BCUT2D eigenvalue weighted by Crippen LogP contribution is -2.51. The molecule has 1 saturated heterocycles. The largest absolute Gasteiger partial charge is 0.343 e. The highest BCUT2D eigenvalue weighted by atomic mass is 19.3. The molecule has 2 aliphatic rings. The Hall–Kier alpha value is -1.78. The van der Waals surface area contributed by atoms with E-state index < -0.39 is 17.4 Å². The van der Waals surface area contributed by atoms with E-state index in [4.69, 9.17) is 0 Å². The number of ketones is 1. The van der Waals surface area contributed by atoms with Gasteiger partial charge in [-0.3, -0.25) is 9.59 Å². The Labute approximate surface area is 121 Å². The highest BCUT2D eigenvalue weighted by Gasteiger charge is 2.56. The van der Waals surface area contributed by atoms with Gasteiger partial charge in [0, 0.05) is 12.8 Å². The predicted octanol–water partition coefficient (Wildman–Crippen LogP) is 2.73. The average Bonchev–Trinajstić information content (AvgIpc) is 2.67. The highest BCUT2D eigenvalue weighted by Crippen LogP contribution is 2.44. The van der Waals surface area contributed by atoms with E-state index in [9.17, 15) is 18.4 Å². The molecule has 1 aliphatic carbocycles. The van der Waals surface area contributed by atoms with Crippen molar-refractivity contribution in [1.82, 2.24) is 5.32 Å². The second-order valence-corrected chi connectivity index (χ2v) is 6.08. The van der Waals surface area contributed by atoms with Crippen LogP contribution in [0, 0.1) is 6.92 Å². The Morgan fingerprint density at radius 2 is 1.71 bits per heavy atom. The molecule has 1 spiro atoms. The molecule has 1 atom stereocenters. The number of aryl methyl sites for hydroxylation is 1. The van der Waals surface area contributed by atoms with Gasteiger partial charge in [0.1, 0.15) is 11.5 Å². The number of carbonyl (C=O) groups excluding carboxylic acids is 2. The average molecular weight is 293 g/mol. The molecule has 1 aliphatic heterocycles. The van der Waals surface area contributed by atoms with Crippen LogP contribution in [0.3, 0.4) is 0 Å². The summed E-state index contributed by atoms with van der Waals surface area (Å²) in [6.45, 7) is 1.84. The van der Waals surface area contributed by atoms with E-state index in [1.54, 1.807) is 12.1 Å². The van der Waals surface area contributed by atoms with Gasteiger partial charge in [0.15, 0.2) is 5.78 Å². The first-order chi connectivity index (χ1) is 9.85. The summed E-state index contributed by atoms with van der Waals surface area (Å²) in [5.41, 5.74) is 0.449. The molecule has 0 aromatic heterocycles. The number of halogens is 2. The van der Waals surface area contributed by atoms with Crippen LogP contribution in [0.15, 0.2) is 24.3 Å². The predicted molar refractivity (Wildman–Crippen MR) is 73.2 cm³/mol. The number of benzene rings is 1. The molecule has 1 aromatic rings. The zero-order chi connectivity index (χ0) is 15.3. The first-order valence-corrected chi connectivity index (χ1v) is 7.14. The van der Waals surface area contributed by atoms with E-state index in [-0.39, 0.29) is 37.4 Å². The van der Waals surface area contributed by atoms with Crippen LogP contribution in [0.5, 0.6) is 0 Å². The van der Waals surface area contributed by atoms with Crippen LogP contribution in [0.25, 0.3) is 0 Å². The fraction of sp³-hybridized carbons (Fsp3) is 0.500. The summed E-state index contributed by atoms with van der Waals surface area (Å²) in [5.74, 6) is -4.20. The fourth-order valence-electron chi connectivity index (χ4n) is 3.37. The van der Waals surface area contributed by atoms with Crippen LogP contribution in [0.2, 0.25) is 0 Å². The van der Waals surface area contributed by atoms with Gasteiger partial charge in [-0.05, 0) is 30.9 Å². The summed E-state index contributed by atoms with van der Waals surface area (Å²) in [5, 5.41) is 2.71. The topological polar surface area (TPSA) is 46.2 Å². The molecule has 3 nitrogen and oxygen atoms in total. The molecule has 112 valence electrons. The molecule has 1 N–H and O–H groups in total. The maximum Gasteiger partial charge on any atom is 0.248 e. The van der Waals surface area contributed by atoms with Crippen LogP contribution in [-0.4, -0.2) is 23.2 Å². The molecule has 0 radical (unpaired) electrons. The second-order valence-electron chi connectivity index (χ2n) is 6.08. The monoisotopic (exact) mass is 293 g/mol. The van der Waals surface area contributed by atoms with Crippen molar-refractivity contribution in [2.24, 2.45) is 0 Å². The maximum absolute atomic E-state index is 13.3. The number of alkyl halides is 2. The highest BCUT2D eigenvalue weighted by molar-refractivity contribution is 6.17. The molecule has 1 heterocycles. The SMILES string of the molecule is Cc1ccccc1C1C(=O)NC2(CCC(F)(F)CC2)C1=O. The summed E-state index contributed by atoms with van der Waals surface area (Å²) in [6.07, 6.45) is -0.654. The van der Waals surface area contributed by atoms with Crippen molar-refractivity contribution in [2.45, 2.75) is 50.0 Å². The van der Waals surface area contributed by atoms with Gasteiger partial charge in [-0.1, -0.05) is 24.3 Å². The first kappa shape index (κ1) is 14.2. The van der Waals surface area contributed by atoms with E-state index in [0.717, 1.165) is 5.56 Å². The fourth-order valence-corrected chi connectivity index (χ4v) is 3.37. The van der Waals surface area contributed by atoms with Crippen molar-refractivity contribution < 1.29 is 18.4 Å². The van der Waals surface area contributed by atoms with E-state index in [1.807, 2.05) is 19.1 Å².